The number of esters is 1. The summed E-state index contributed by atoms with van der Waals surface area (Å²) in [5.74, 6) is 0.548. The molecule has 21 heavy (non-hydrogen) atoms. The van der Waals surface area contributed by atoms with Crippen molar-refractivity contribution in [1.82, 2.24) is 0 Å². The first-order valence-corrected chi connectivity index (χ1v) is 8.59. The molecular weight excluding hydrogens is 284 g/mol. The molecule has 116 valence electrons. The number of ether oxygens (including phenoxy) is 1. The zero-order valence-electron chi connectivity index (χ0n) is 12.8. The minimum atomic E-state index is -0.655. The van der Waals surface area contributed by atoms with E-state index in [4.69, 9.17) is 4.74 Å². The van der Waals surface area contributed by atoms with Crippen molar-refractivity contribution in [3.05, 3.63) is 29.8 Å². The predicted octanol–water partition coefficient (Wildman–Crippen LogP) is 3.57. The van der Waals surface area contributed by atoms with Crippen LogP contribution in [0.3, 0.4) is 0 Å². The standard InChI is InChI=1S/C17H24O3S/c1-3-20-16(18)14-7-9-17(19,10-8-14)12-21-15-6-4-5-13(2)11-15/h4-6,11,14,19H,3,7-10,12H2,1-2H3. The van der Waals surface area contributed by atoms with Gasteiger partial charge >= 0.3 is 5.97 Å². The Labute approximate surface area is 131 Å². The van der Waals surface area contributed by atoms with Gasteiger partial charge < -0.3 is 9.84 Å². The summed E-state index contributed by atoms with van der Waals surface area (Å²) in [6.45, 7) is 4.34. The van der Waals surface area contributed by atoms with Crippen LogP contribution >= 0.6 is 11.8 Å². The molecule has 1 aromatic rings. The van der Waals surface area contributed by atoms with Gasteiger partial charge in [0.2, 0.25) is 0 Å². The molecule has 0 spiro atoms. The second-order valence-electron chi connectivity index (χ2n) is 5.86. The van der Waals surface area contributed by atoms with Gasteiger partial charge in [-0.3, -0.25) is 4.79 Å². The third-order valence-electron chi connectivity index (χ3n) is 4.03. The highest BCUT2D eigenvalue weighted by Gasteiger charge is 2.36. The van der Waals surface area contributed by atoms with E-state index in [0.29, 0.717) is 25.2 Å². The Morgan fingerprint density at radius 3 is 2.76 bits per heavy atom. The van der Waals surface area contributed by atoms with Gasteiger partial charge in [0.1, 0.15) is 0 Å². The van der Waals surface area contributed by atoms with E-state index in [2.05, 4.69) is 25.1 Å². The van der Waals surface area contributed by atoms with Crippen LogP contribution in [-0.4, -0.2) is 29.0 Å². The van der Waals surface area contributed by atoms with E-state index in [9.17, 15) is 9.90 Å². The van der Waals surface area contributed by atoms with Gasteiger partial charge in [0.05, 0.1) is 18.1 Å². The van der Waals surface area contributed by atoms with Crippen LogP contribution in [0.4, 0.5) is 0 Å². The van der Waals surface area contributed by atoms with Gasteiger partial charge in [-0.2, -0.15) is 0 Å². The Balaban J connectivity index is 1.83. The molecule has 0 saturated heterocycles. The fourth-order valence-electron chi connectivity index (χ4n) is 2.72. The molecule has 1 aromatic carbocycles. The third kappa shape index (κ3) is 4.75. The average molecular weight is 308 g/mol. The summed E-state index contributed by atoms with van der Waals surface area (Å²) in [5, 5.41) is 10.7. The van der Waals surface area contributed by atoms with Gasteiger partial charge in [0.15, 0.2) is 0 Å². The second kappa shape index (κ2) is 7.32. The Kier molecular flexibility index (Phi) is 5.71. The van der Waals surface area contributed by atoms with E-state index in [1.165, 1.54) is 10.5 Å². The lowest BCUT2D eigenvalue weighted by Crippen LogP contribution is -2.38. The summed E-state index contributed by atoms with van der Waals surface area (Å²) >= 11 is 1.69. The van der Waals surface area contributed by atoms with Crippen LogP contribution in [0.15, 0.2) is 29.2 Å². The Morgan fingerprint density at radius 2 is 2.14 bits per heavy atom. The van der Waals surface area contributed by atoms with Crippen molar-refractivity contribution in [3.63, 3.8) is 0 Å². The zero-order chi connectivity index (χ0) is 15.3. The maximum atomic E-state index is 11.7. The minimum absolute atomic E-state index is 0.0332. The van der Waals surface area contributed by atoms with Crippen LogP contribution in [0.1, 0.15) is 38.2 Å². The quantitative estimate of drug-likeness (QED) is 0.667. The van der Waals surface area contributed by atoms with Crippen LogP contribution in [-0.2, 0) is 9.53 Å². The molecule has 0 aromatic heterocycles. The van der Waals surface area contributed by atoms with Gasteiger partial charge in [-0.25, -0.2) is 0 Å². The summed E-state index contributed by atoms with van der Waals surface area (Å²) in [5.41, 5.74) is 0.579. The highest BCUT2D eigenvalue weighted by molar-refractivity contribution is 7.99. The molecule has 0 amide bonds. The highest BCUT2D eigenvalue weighted by Crippen LogP contribution is 2.36. The number of thioether (sulfide) groups is 1. The van der Waals surface area contributed by atoms with Gasteiger partial charge in [-0.15, -0.1) is 11.8 Å². The average Bonchev–Trinajstić information content (AvgIpc) is 2.46. The van der Waals surface area contributed by atoms with Crippen molar-refractivity contribution in [1.29, 1.82) is 0 Å². The van der Waals surface area contributed by atoms with Crippen molar-refractivity contribution in [3.8, 4) is 0 Å². The lowest BCUT2D eigenvalue weighted by Gasteiger charge is -2.34. The minimum Gasteiger partial charge on any atom is -0.466 e. The summed E-state index contributed by atoms with van der Waals surface area (Å²) in [6, 6.07) is 8.33. The molecule has 0 radical (unpaired) electrons. The van der Waals surface area contributed by atoms with Crippen molar-refractivity contribution in [2.24, 2.45) is 5.92 Å². The number of hydrogen-bond donors (Lipinski definition) is 1. The van der Waals surface area contributed by atoms with Crippen LogP contribution in [0.5, 0.6) is 0 Å². The van der Waals surface area contributed by atoms with Gasteiger partial charge in [0, 0.05) is 10.6 Å². The van der Waals surface area contributed by atoms with Gasteiger partial charge in [0.25, 0.3) is 0 Å². The van der Waals surface area contributed by atoms with Crippen molar-refractivity contribution >= 4 is 17.7 Å². The zero-order valence-corrected chi connectivity index (χ0v) is 13.6. The summed E-state index contributed by atoms with van der Waals surface area (Å²) in [7, 11) is 0. The van der Waals surface area contributed by atoms with Crippen LogP contribution in [0, 0.1) is 12.8 Å². The largest absolute Gasteiger partial charge is 0.466 e. The lowest BCUT2D eigenvalue weighted by atomic mass is 9.80. The summed E-state index contributed by atoms with van der Waals surface area (Å²) in [6.07, 6.45) is 2.80. The molecule has 3 nitrogen and oxygen atoms in total. The number of carbonyl (C=O) groups is 1. The maximum Gasteiger partial charge on any atom is 0.308 e. The third-order valence-corrected chi connectivity index (χ3v) is 5.30. The van der Waals surface area contributed by atoms with E-state index in [-0.39, 0.29) is 11.9 Å². The molecule has 0 bridgehead atoms. The number of benzene rings is 1. The first-order chi connectivity index (χ1) is 10.0. The predicted molar refractivity (Wildman–Crippen MR) is 85.4 cm³/mol. The molecule has 0 heterocycles. The van der Waals surface area contributed by atoms with E-state index < -0.39 is 5.60 Å². The number of rotatable bonds is 5. The number of aryl methyl sites for hydroxylation is 1. The summed E-state index contributed by atoms with van der Waals surface area (Å²) < 4.78 is 5.07. The van der Waals surface area contributed by atoms with Crippen LogP contribution in [0.2, 0.25) is 0 Å². The Bertz CT molecular complexity index is 479. The first-order valence-electron chi connectivity index (χ1n) is 7.61. The second-order valence-corrected chi connectivity index (χ2v) is 6.90. The van der Waals surface area contributed by atoms with E-state index in [0.717, 1.165) is 12.8 Å². The fourth-order valence-corrected chi connectivity index (χ4v) is 3.89. The molecule has 0 aliphatic heterocycles. The van der Waals surface area contributed by atoms with Crippen molar-refractivity contribution in [2.45, 2.75) is 50.0 Å². The van der Waals surface area contributed by atoms with Crippen molar-refractivity contribution < 1.29 is 14.6 Å². The molecule has 1 aliphatic carbocycles. The van der Waals surface area contributed by atoms with E-state index in [1.807, 2.05) is 13.0 Å². The highest BCUT2D eigenvalue weighted by atomic mass is 32.2. The molecule has 0 atom stereocenters. The molecule has 0 unspecified atom stereocenters. The van der Waals surface area contributed by atoms with Crippen molar-refractivity contribution in [2.75, 3.05) is 12.4 Å². The maximum absolute atomic E-state index is 11.7. The number of aliphatic hydroxyl groups is 1. The topological polar surface area (TPSA) is 46.5 Å². The molecule has 1 fully saturated rings. The molecule has 4 heteroatoms. The summed E-state index contributed by atoms with van der Waals surface area (Å²) in [4.78, 5) is 12.9. The number of carbonyl (C=O) groups excluding carboxylic acids is 1. The normalized spacial score (nSPS) is 25.6. The molecule has 1 aliphatic rings. The smallest absolute Gasteiger partial charge is 0.308 e. The molecule has 1 saturated carbocycles. The fraction of sp³-hybridized carbons (Fsp3) is 0.588. The Hall–Kier alpha value is -1.00. The van der Waals surface area contributed by atoms with Crippen LogP contribution < -0.4 is 0 Å². The first kappa shape index (κ1) is 16.4. The number of hydrogen-bond acceptors (Lipinski definition) is 4. The van der Waals surface area contributed by atoms with E-state index in [1.54, 1.807) is 11.8 Å². The SMILES string of the molecule is CCOC(=O)C1CCC(O)(CSc2cccc(C)c2)CC1. The molecule has 1 N–H and O–H groups in total. The van der Waals surface area contributed by atoms with Gasteiger partial charge in [-0.05, 0) is 51.7 Å². The molecular formula is C17H24O3S. The Morgan fingerprint density at radius 1 is 1.43 bits per heavy atom. The lowest BCUT2D eigenvalue weighted by molar-refractivity contribution is -0.150. The molecule has 2 rings (SSSR count). The van der Waals surface area contributed by atoms with E-state index >= 15 is 0 Å². The van der Waals surface area contributed by atoms with Crippen LogP contribution in [0.25, 0.3) is 0 Å². The van der Waals surface area contributed by atoms with Gasteiger partial charge in [-0.1, -0.05) is 17.7 Å². The monoisotopic (exact) mass is 308 g/mol.